The molecule has 2 N–H and O–H groups in total. The fraction of sp³-hybridized carbons (Fsp3) is 0.417. The van der Waals surface area contributed by atoms with Crippen LogP contribution in [-0.4, -0.2) is 41.1 Å². The standard InChI is InChI=1S/C12H14O5/c13-10(12(8-17-12)11(14)15)7-16-6-9-4-2-1-3-5-9/h1-5,10,13H,6-8H2,(H,14,15)/t10-,12?/m0/s1. The fourth-order valence-electron chi connectivity index (χ4n) is 1.53. The Kier molecular flexibility index (Phi) is 3.42. The molecule has 5 nitrogen and oxygen atoms in total. The minimum atomic E-state index is -1.45. The second kappa shape index (κ2) is 4.83. The highest BCUT2D eigenvalue weighted by Gasteiger charge is 2.58. The molecule has 1 fully saturated rings. The Bertz CT molecular complexity index is 385. The Labute approximate surface area is 98.6 Å². The molecule has 0 aromatic heterocycles. The van der Waals surface area contributed by atoms with Crippen molar-refractivity contribution in [1.29, 1.82) is 0 Å². The molecule has 0 spiro atoms. The smallest absolute Gasteiger partial charge is 0.341 e. The zero-order valence-corrected chi connectivity index (χ0v) is 9.20. The maximum absolute atomic E-state index is 10.8. The Morgan fingerprint density at radius 3 is 2.65 bits per heavy atom. The number of carbonyl (C=O) groups is 1. The first kappa shape index (κ1) is 12.0. The van der Waals surface area contributed by atoms with Crippen LogP contribution in [0.4, 0.5) is 0 Å². The van der Waals surface area contributed by atoms with Crippen LogP contribution in [0.15, 0.2) is 30.3 Å². The van der Waals surface area contributed by atoms with Gasteiger partial charge in [-0.3, -0.25) is 0 Å². The predicted octanol–water partition coefficient (Wildman–Crippen LogP) is 0.418. The van der Waals surface area contributed by atoms with Crippen molar-refractivity contribution >= 4 is 5.97 Å². The van der Waals surface area contributed by atoms with Crippen LogP contribution in [-0.2, 0) is 20.9 Å². The summed E-state index contributed by atoms with van der Waals surface area (Å²) in [7, 11) is 0. The van der Waals surface area contributed by atoms with Gasteiger partial charge < -0.3 is 19.7 Å². The molecular formula is C12H14O5. The maximum atomic E-state index is 10.8. The molecule has 2 rings (SSSR count). The molecule has 1 aromatic rings. The summed E-state index contributed by atoms with van der Waals surface area (Å²) < 4.78 is 10.1. The Morgan fingerprint density at radius 1 is 1.47 bits per heavy atom. The summed E-state index contributed by atoms with van der Waals surface area (Å²) in [5.74, 6) is -1.15. The Balaban J connectivity index is 1.78. The van der Waals surface area contributed by atoms with E-state index in [9.17, 15) is 9.90 Å². The molecular weight excluding hydrogens is 224 g/mol. The molecule has 0 aliphatic carbocycles. The molecule has 0 saturated carbocycles. The Hall–Kier alpha value is -1.43. The fourth-order valence-corrected chi connectivity index (χ4v) is 1.53. The highest BCUT2D eigenvalue weighted by atomic mass is 16.6. The molecule has 1 aromatic carbocycles. The van der Waals surface area contributed by atoms with Crippen molar-refractivity contribution in [3.63, 3.8) is 0 Å². The number of aliphatic carboxylic acids is 1. The monoisotopic (exact) mass is 238 g/mol. The number of ether oxygens (including phenoxy) is 2. The third-order valence-corrected chi connectivity index (χ3v) is 2.74. The van der Waals surface area contributed by atoms with Crippen molar-refractivity contribution < 1.29 is 24.5 Å². The third-order valence-electron chi connectivity index (χ3n) is 2.74. The zero-order valence-electron chi connectivity index (χ0n) is 9.20. The Morgan fingerprint density at radius 2 is 2.12 bits per heavy atom. The lowest BCUT2D eigenvalue weighted by Crippen LogP contribution is -2.41. The van der Waals surface area contributed by atoms with Gasteiger partial charge in [0.15, 0.2) is 0 Å². The predicted molar refractivity (Wildman–Crippen MR) is 58.4 cm³/mol. The van der Waals surface area contributed by atoms with Crippen LogP contribution in [0.3, 0.4) is 0 Å². The summed E-state index contributed by atoms with van der Waals surface area (Å²) in [5, 5.41) is 18.5. The van der Waals surface area contributed by atoms with E-state index in [1.807, 2.05) is 30.3 Å². The molecule has 1 aliphatic heterocycles. The van der Waals surface area contributed by atoms with Gasteiger partial charge in [0.05, 0.1) is 19.8 Å². The lowest BCUT2D eigenvalue weighted by molar-refractivity contribution is -0.149. The lowest BCUT2D eigenvalue weighted by atomic mass is 10.1. The summed E-state index contributed by atoms with van der Waals surface area (Å²) in [6.45, 7) is 0.326. The first-order valence-electron chi connectivity index (χ1n) is 5.32. The van der Waals surface area contributed by atoms with E-state index in [-0.39, 0.29) is 13.2 Å². The minimum absolute atomic E-state index is 0.0399. The van der Waals surface area contributed by atoms with Gasteiger partial charge in [-0.25, -0.2) is 4.79 Å². The van der Waals surface area contributed by atoms with Gasteiger partial charge in [-0.05, 0) is 5.56 Å². The molecule has 92 valence electrons. The number of carboxylic acid groups (broad SMARTS) is 1. The van der Waals surface area contributed by atoms with Crippen molar-refractivity contribution in [2.45, 2.75) is 18.3 Å². The van der Waals surface area contributed by atoms with E-state index < -0.39 is 17.7 Å². The van der Waals surface area contributed by atoms with Crippen molar-refractivity contribution in [2.75, 3.05) is 13.2 Å². The SMILES string of the molecule is O=C(O)C1([C@@H](O)COCc2ccccc2)CO1. The van der Waals surface area contributed by atoms with Crippen molar-refractivity contribution in [3.05, 3.63) is 35.9 Å². The average Bonchev–Trinajstić information content (AvgIpc) is 3.11. The highest BCUT2D eigenvalue weighted by Crippen LogP contribution is 2.31. The normalized spacial score (nSPS) is 24.3. The molecule has 2 atom stereocenters. The number of epoxide rings is 1. The maximum Gasteiger partial charge on any atom is 0.341 e. The van der Waals surface area contributed by atoms with E-state index in [4.69, 9.17) is 14.6 Å². The van der Waals surface area contributed by atoms with E-state index in [1.54, 1.807) is 0 Å². The molecule has 0 bridgehead atoms. The number of benzene rings is 1. The van der Waals surface area contributed by atoms with Crippen LogP contribution in [0.25, 0.3) is 0 Å². The van der Waals surface area contributed by atoms with E-state index in [0.29, 0.717) is 6.61 Å². The van der Waals surface area contributed by atoms with Crippen molar-refractivity contribution in [1.82, 2.24) is 0 Å². The van der Waals surface area contributed by atoms with Gasteiger partial charge >= 0.3 is 5.97 Å². The summed E-state index contributed by atoms with van der Waals surface area (Å²) >= 11 is 0. The van der Waals surface area contributed by atoms with Crippen LogP contribution in [0.1, 0.15) is 5.56 Å². The van der Waals surface area contributed by atoms with E-state index in [1.165, 1.54) is 0 Å². The van der Waals surface area contributed by atoms with Crippen LogP contribution >= 0.6 is 0 Å². The third kappa shape index (κ3) is 2.63. The number of hydrogen-bond acceptors (Lipinski definition) is 4. The van der Waals surface area contributed by atoms with Gasteiger partial charge in [0.25, 0.3) is 0 Å². The van der Waals surface area contributed by atoms with Gasteiger partial charge in [0.1, 0.15) is 6.10 Å². The molecule has 1 heterocycles. The lowest BCUT2D eigenvalue weighted by Gasteiger charge is -2.15. The second-order valence-electron chi connectivity index (χ2n) is 4.00. The van der Waals surface area contributed by atoms with Crippen LogP contribution < -0.4 is 0 Å². The molecule has 0 radical (unpaired) electrons. The number of aliphatic hydroxyl groups excluding tert-OH is 1. The average molecular weight is 238 g/mol. The van der Waals surface area contributed by atoms with Crippen molar-refractivity contribution in [3.8, 4) is 0 Å². The van der Waals surface area contributed by atoms with Crippen LogP contribution in [0, 0.1) is 0 Å². The van der Waals surface area contributed by atoms with Crippen LogP contribution in [0.5, 0.6) is 0 Å². The quantitative estimate of drug-likeness (QED) is 0.702. The summed E-state index contributed by atoms with van der Waals surface area (Å²) in [6, 6.07) is 9.46. The number of hydrogen-bond donors (Lipinski definition) is 2. The number of carboxylic acids is 1. The summed E-state index contributed by atoms with van der Waals surface area (Å²) in [6.07, 6.45) is -1.14. The molecule has 1 saturated heterocycles. The minimum Gasteiger partial charge on any atom is -0.479 e. The zero-order chi connectivity index (χ0) is 12.3. The van der Waals surface area contributed by atoms with E-state index in [2.05, 4.69) is 0 Å². The van der Waals surface area contributed by atoms with E-state index in [0.717, 1.165) is 5.56 Å². The van der Waals surface area contributed by atoms with E-state index >= 15 is 0 Å². The van der Waals surface area contributed by atoms with Crippen molar-refractivity contribution in [2.24, 2.45) is 0 Å². The topological polar surface area (TPSA) is 79.3 Å². The molecule has 1 aliphatic rings. The molecule has 5 heteroatoms. The van der Waals surface area contributed by atoms with Gasteiger partial charge in [-0.1, -0.05) is 30.3 Å². The van der Waals surface area contributed by atoms with Gasteiger partial charge in [0, 0.05) is 0 Å². The summed E-state index contributed by atoms with van der Waals surface area (Å²) in [5.41, 5.74) is -0.475. The van der Waals surface area contributed by atoms with Gasteiger partial charge in [-0.2, -0.15) is 0 Å². The molecule has 1 unspecified atom stereocenters. The largest absolute Gasteiger partial charge is 0.479 e. The van der Waals surface area contributed by atoms with Gasteiger partial charge in [0.2, 0.25) is 5.60 Å². The number of aliphatic hydroxyl groups is 1. The first-order chi connectivity index (χ1) is 8.15. The van der Waals surface area contributed by atoms with Gasteiger partial charge in [-0.15, -0.1) is 0 Å². The summed E-state index contributed by atoms with van der Waals surface area (Å²) in [4.78, 5) is 10.8. The van der Waals surface area contributed by atoms with Crippen LogP contribution in [0.2, 0.25) is 0 Å². The molecule has 17 heavy (non-hydrogen) atoms. The highest BCUT2D eigenvalue weighted by molar-refractivity contribution is 5.81. The molecule has 0 amide bonds. The first-order valence-corrected chi connectivity index (χ1v) is 5.32. The number of rotatable bonds is 6. The second-order valence-corrected chi connectivity index (χ2v) is 4.00.